The molecule has 0 aromatic heterocycles. The van der Waals surface area contributed by atoms with Crippen LogP contribution in [-0.4, -0.2) is 77.4 Å². The molecule has 0 radical (unpaired) electrons. The largest absolute Gasteiger partial charge is 0.382 e. The lowest BCUT2D eigenvalue weighted by Gasteiger charge is -2.22. The standard InChI is InChI=1S/C12H27N3O2/c1-14(2)12(15(3)4)13-8-6-7-9-17-11-10-16-5/h6-11H2,1-5H3. The summed E-state index contributed by atoms with van der Waals surface area (Å²) in [5.74, 6) is 1.00. The third-order valence-corrected chi connectivity index (χ3v) is 2.18. The fraction of sp³-hybridized carbons (Fsp3) is 0.917. The summed E-state index contributed by atoms with van der Waals surface area (Å²) in [6.45, 7) is 2.99. The first-order chi connectivity index (χ1) is 8.09. The highest BCUT2D eigenvalue weighted by Crippen LogP contribution is 1.95. The molecule has 0 fully saturated rings. The number of nitrogens with zero attached hydrogens (tertiary/aromatic N) is 3. The molecule has 5 heteroatoms. The van der Waals surface area contributed by atoms with Crippen molar-refractivity contribution in [3.05, 3.63) is 0 Å². The monoisotopic (exact) mass is 245 g/mol. The Labute approximate surface area is 105 Å². The van der Waals surface area contributed by atoms with Crippen LogP contribution in [0.3, 0.4) is 0 Å². The molecule has 0 bridgehead atoms. The van der Waals surface area contributed by atoms with E-state index in [4.69, 9.17) is 9.47 Å². The summed E-state index contributed by atoms with van der Waals surface area (Å²) >= 11 is 0. The van der Waals surface area contributed by atoms with Gasteiger partial charge in [0.1, 0.15) is 0 Å². The molecule has 0 aromatic rings. The Kier molecular flexibility index (Phi) is 9.86. The Morgan fingerprint density at radius 2 is 1.59 bits per heavy atom. The number of guanidine groups is 1. The normalized spacial score (nSPS) is 10.2. The molecule has 5 nitrogen and oxygen atoms in total. The summed E-state index contributed by atoms with van der Waals surface area (Å²) in [5.41, 5.74) is 0. The molecule has 0 amide bonds. The highest BCUT2D eigenvalue weighted by Gasteiger charge is 2.02. The van der Waals surface area contributed by atoms with Crippen LogP contribution in [0.15, 0.2) is 4.99 Å². The van der Waals surface area contributed by atoms with Gasteiger partial charge >= 0.3 is 0 Å². The van der Waals surface area contributed by atoms with Gasteiger partial charge in [-0.25, -0.2) is 0 Å². The molecule has 0 saturated heterocycles. The summed E-state index contributed by atoms with van der Waals surface area (Å²) in [4.78, 5) is 8.59. The second kappa shape index (κ2) is 10.4. The topological polar surface area (TPSA) is 37.3 Å². The average Bonchev–Trinajstić information content (AvgIpc) is 2.26. The minimum Gasteiger partial charge on any atom is -0.382 e. The Morgan fingerprint density at radius 1 is 0.941 bits per heavy atom. The van der Waals surface area contributed by atoms with Crippen LogP contribution in [0.2, 0.25) is 0 Å². The van der Waals surface area contributed by atoms with Gasteiger partial charge < -0.3 is 19.3 Å². The first-order valence-electron chi connectivity index (χ1n) is 6.05. The molecule has 0 aliphatic heterocycles. The molecular formula is C12H27N3O2. The van der Waals surface area contributed by atoms with E-state index < -0.39 is 0 Å². The van der Waals surface area contributed by atoms with Gasteiger partial charge in [0, 0.05) is 48.5 Å². The van der Waals surface area contributed by atoms with Gasteiger partial charge in [0.2, 0.25) is 0 Å². The first kappa shape index (κ1) is 16.2. The van der Waals surface area contributed by atoms with Crippen molar-refractivity contribution in [1.82, 2.24) is 9.80 Å². The van der Waals surface area contributed by atoms with Crippen molar-refractivity contribution in [2.45, 2.75) is 12.8 Å². The summed E-state index contributed by atoms with van der Waals surface area (Å²) in [6, 6.07) is 0. The Bertz CT molecular complexity index is 196. The SMILES string of the molecule is COCCOCCCCN=C(N(C)C)N(C)C. The first-order valence-corrected chi connectivity index (χ1v) is 6.05. The summed E-state index contributed by atoms with van der Waals surface area (Å²) in [6.07, 6.45) is 2.10. The maximum atomic E-state index is 5.38. The molecule has 0 aliphatic rings. The fourth-order valence-electron chi connectivity index (χ4n) is 1.42. The van der Waals surface area contributed by atoms with E-state index in [0.717, 1.165) is 32.0 Å². The summed E-state index contributed by atoms with van der Waals surface area (Å²) < 4.78 is 10.3. The van der Waals surface area contributed by atoms with E-state index in [1.54, 1.807) is 7.11 Å². The van der Waals surface area contributed by atoms with Gasteiger partial charge in [-0.2, -0.15) is 0 Å². The van der Waals surface area contributed by atoms with Gasteiger partial charge in [-0.05, 0) is 12.8 Å². The van der Waals surface area contributed by atoms with Crippen LogP contribution >= 0.6 is 0 Å². The predicted octanol–water partition coefficient (Wildman–Crippen LogP) is 0.909. The van der Waals surface area contributed by atoms with E-state index in [-0.39, 0.29) is 0 Å². The molecular weight excluding hydrogens is 218 g/mol. The molecule has 0 rings (SSSR count). The van der Waals surface area contributed by atoms with Gasteiger partial charge in [-0.15, -0.1) is 0 Å². The van der Waals surface area contributed by atoms with Crippen LogP contribution in [0.4, 0.5) is 0 Å². The van der Waals surface area contributed by atoms with Crippen molar-refractivity contribution in [3.8, 4) is 0 Å². The van der Waals surface area contributed by atoms with Gasteiger partial charge in [-0.3, -0.25) is 4.99 Å². The number of hydrogen-bond donors (Lipinski definition) is 0. The molecule has 0 heterocycles. The summed E-state index contributed by atoms with van der Waals surface area (Å²) in [7, 11) is 9.71. The minimum absolute atomic E-state index is 0.670. The zero-order valence-corrected chi connectivity index (χ0v) is 11.9. The Morgan fingerprint density at radius 3 is 2.12 bits per heavy atom. The zero-order chi connectivity index (χ0) is 13.1. The van der Waals surface area contributed by atoms with E-state index in [0.29, 0.717) is 13.2 Å². The van der Waals surface area contributed by atoms with E-state index in [9.17, 15) is 0 Å². The van der Waals surface area contributed by atoms with E-state index in [2.05, 4.69) is 4.99 Å². The van der Waals surface area contributed by atoms with Crippen molar-refractivity contribution in [2.24, 2.45) is 4.99 Å². The van der Waals surface area contributed by atoms with Gasteiger partial charge in [0.25, 0.3) is 0 Å². The van der Waals surface area contributed by atoms with Gasteiger partial charge in [0.05, 0.1) is 13.2 Å². The maximum Gasteiger partial charge on any atom is 0.195 e. The third kappa shape index (κ3) is 8.94. The van der Waals surface area contributed by atoms with E-state index >= 15 is 0 Å². The quantitative estimate of drug-likeness (QED) is 0.362. The molecule has 0 atom stereocenters. The van der Waals surface area contributed by atoms with E-state index in [1.807, 2.05) is 38.0 Å². The molecule has 0 N–H and O–H groups in total. The number of unbranched alkanes of at least 4 members (excludes halogenated alkanes) is 1. The number of rotatable bonds is 8. The lowest BCUT2D eigenvalue weighted by atomic mass is 10.3. The number of hydrogen-bond acceptors (Lipinski definition) is 3. The van der Waals surface area contributed by atoms with Crippen molar-refractivity contribution >= 4 is 5.96 Å². The van der Waals surface area contributed by atoms with Crippen molar-refractivity contribution < 1.29 is 9.47 Å². The third-order valence-electron chi connectivity index (χ3n) is 2.18. The fourth-order valence-corrected chi connectivity index (χ4v) is 1.42. The van der Waals surface area contributed by atoms with Crippen molar-refractivity contribution in [1.29, 1.82) is 0 Å². The lowest BCUT2D eigenvalue weighted by molar-refractivity contribution is 0.0690. The predicted molar refractivity (Wildman–Crippen MR) is 71.6 cm³/mol. The van der Waals surface area contributed by atoms with Gasteiger partial charge in [-0.1, -0.05) is 0 Å². The maximum absolute atomic E-state index is 5.38. The number of ether oxygens (including phenoxy) is 2. The lowest BCUT2D eigenvalue weighted by Crippen LogP contribution is -2.35. The minimum atomic E-state index is 0.670. The second-order valence-corrected chi connectivity index (χ2v) is 4.28. The number of aliphatic imine (C=N–C) groups is 1. The van der Waals surface area contributed by atoms with Crippen LogP contribution in [0.5, 0.6) is 0 Å². The Balaban J connectivity index is 3.57. The summed E-state index contributed by atoms with van der Waals surface area (Å²) in [5, 5.41) is 0. The van der Waals surface area contributed by atoms with Crippen LogP contribution in [0.1, 0.15) is 12.8 Å². The van der Waals surface area contributed by atoms with E-state index in [1.165, 1.54) is 0 Å². The molecule has 102 valence electrons. The van der Waals surface area contributed by atoms with Crippen molar-refractivity contribution in [3.63, 3.8) is 0 Å². The highest BCUT2D eigenvalue weighted by atomic mass is 16.5. The van der Waals surface area contributed by atoms with Crippen LogP contribution < -0.4 is 0 Å². The zero-order valence-electron chi connectivity index (χ0n) is 11.9. The molecule has 0 saturated carbocycles. The molecule has 0 unspecified atom stereocenters. The van der Waals surface area contributed by atoms with Crippen LogP contribution in [-0.2, 0) is 9.47 Å². The smallest absolute Gasteiger partial charge is 0.195 e. The molecule has 0 spiro atoms. The Hall–Kier alpha value is -0.810. The molecule has 17 heavy (non-hydrogen) atoms. The number of methoxy groups -OCH3 is 1. The average molecular weight is 245 g/mol. The molecule has 0 aliphatic carbocycles. The van der Waals surface area contributed by atoms with Crippen LogP contribution in [0.25, 0.3) is 0 Å². The second-order valence-electron chi connectivity index (χ2n) is 4.28. The van der Waals surface area contributed by atoms with Crippen molar-refractivity contribution in [2.75, 3.05) is 61.7 Å². The highest BCUT2D eigenvalue weighted by molar-refractivity contribution is 5.79. The van der Waals surface area contributed by atoms with Gasteiger partial charge in [0.15, 0.2) is 5.96 Å². The van der Waals surface area contributed by atoms with Crippen LogP contribution in [0, 0.1) is 0 Å². The molecule has 0 aromatic carbocycles.